The molecule has 2 aliphatic heterocycles. The summed E-state index contributed by atoms with van der Waals surface area (Å²) in [7, 11) is 0. The summed E-state index contributed by atoms with van der Waals surface area (Å²) in [6.07, 6.45) is 7.04. The lowest BCUT2D eigenvalue weighted by Crippen LogP contribution is -2.60. The lowest BCUT2D eigenvalue weighted by atomic mass is 9.71. The van der Waals surface area contributed by atoms with Gasteiger partial charge in [-0.05, 0) is 56.5 Å². The Morgan fingerprint density at radius 2 is 1.92 bits per heavy atom. The lowest BCUT2D eigenvalue weighted by Gasteiger charge is -2.55. The quantitative estimate of drug-likeness (QED) is 0.434. The molecule has 1 spiro atoms. The van der Waals surface area contributed by atoms with E-state index in [1.54, 1.807) is 31.6 Å². The van der Waals surface area contributed by atoms with Gasteiger partial charge in [0.2, 0.25) is 5.91 Å². The van der Waals surface area contributed by atoms with Crippen LogP contribution >= 0.6 is 0 Å². The summed E-state index contributed by atoms with van der Waals surface area (Å²) in [6, 6.07) is 8.90. The van der Waals surface area contributed by atoms with Crippen molar-refractivity contribution in [3.63, 3.8) is 0 Å². The smallest absolute Gasteiger partial charge is 0.387 e. The molecule has 1 amide bonds. The Bertz CT molecular complexity index is 1320. The van der Waals surface area contributed by atoms with Gasteiger partial charge in [-0.3, -0.25) is 9.48 Å². The number of amides is 1. The summed E-state index contributed by atoms with van der Waals surface area (Å²) >= 11 is 0. The van der Waals surface area contributed by atoms with Crippen molar-refractivity contribution < 1.29 is 23.4 Å². The van der Waals surface area contributed by atoms with E-state index in [1.807, 2.05) is 23.2 Å². The molecule has 3 aromatic rings. The first-order valence-corrected chi connectivity index (χ1v) is 13.1. The van der Waals surface area contributed by atoms with Crippen LogP contribution < -0.4 is 15.0 Å². The number of nitrogens with zero attached hydrogens (tertiary/aromatic N) is 5. The predicted molar refractivity (Wildman–Crippen MR) is 144 cm³/mol. The number of carbonyl (C=O) groups is 1. The number of alkyl halides is 2. The molecule has 4 heterocycles. The maximum atomic E-state index is 12.7. The molecule has 2 aliphatic rings. The molecule has 0 saturated carbocycles. The number of pyridine rings is 1. The van der Waals surface area contributed by atoms with Gasteiger partial charge in [-0.2, -0.15) is 13.9 Å². The number of aromatic nitrogens is 3. The molecule has 0 unspecified atom stereocenters. The highest BCUT2D eigenvalue weighted by Crippen LogP contribution is 2.44. The molecule has 208 valence electrons. The molecule has 2 aromatic heterocycles. The molecule has 5 rings (SSSR count). The van der Waals surface area contributed by atoms with Crippen LogP contribution in [-0.4, -0.2) is 69.1 Å². The first-order chi connectivity index (χ1) is 18.5. The van der Waals surface area contributed by atoms with E-state index in [2.05, 4.69) is 31.1 Å². The molecule has 2 N–H and O–H groups in total. The van der Waals surface area contributed by atoms with Crippen molar-refractivity contribution in [1.29, 1.82) is 0 Å². The second-order valence-electron chi connectivity index (χ2n) is 11.3. The van der Waals surface area contributed by atoms with Gasteiger partial charge in [0, 0.05) is 73.9 Å². The molecule has 0 aliphatic carbocycles. The summed E-state index contributed by atoms with van der Waals surface area (Å²) in [5.74, 6) is 0.533. The number of nitrogens with one attached hydrogen (secondary N) is 1. The Morgan fingerprint density at radius 1 is 1.18 bits per heavy atom. The van der Waals surface area contributed by atoms with Crippen LogP contribution in [0, 0.1) is 5.41 Å². The number of ether oxygens (including phenoxy) is 1. The van der Waals surface area contributed by atoms with E-state index >= 15 is 0 Å². The molecule has 1 aromatic carbocycles. The van der Waals surface area contributed by atoms with E-state index < -0.39 is 12.2 Å². The molecule has 2 fully saturated rings. The van der Waals surface area contributed by atoms with Crippen molar-refractivity contribution >= 4 is 23.1 Å². The van der Waals surface area contributed by atoms with Crippen molar-refractivity contribution in [3.05, 3.63) is 48.9 Å². The summed E-state index contributed by atoms with van der Waals surface area (Å²) in [5.41, 5.74) is 2.87. The number of benzene rings is 1. The van der Waals surface area contributed by atoms with Gasteiger partial charge in [0.05, 0.1) is 18.3 Å². The van der Waals surface area contributed by atoms with Crippen LogP contribution in [-0.2, 0) is 11.3 Å². The fourth-order valence-corrected chi connectivity index (χ4v) is 5.39. The van der Waals surface area contributed by atoms with E-state index in [0.717, 1.165) is 61.5 Å². The topological polar surface area (TPSA) is 95.8 Å². The van der Waals surface area contributed by atoms with Crippen LogP contribution in [0.3, 0.4) is 0 Å². The SMILES string of the molecule is CC(=O)N1CCC2(CC1)CN(c1cc(Nc3cc(OC(F)F)ccn3)cc(-c3cnn(CC(C)(C)O)c3)c1)C2. The van der Waals surface area contributed by atoms with E-state index in [0.29, 0.717) is 12.4 Å². The lowest BCUT2D eigenvalue weighted by molar-refractivity contribution is -0.131. The number of halogens is 2. The van der Waals surface area contributed by atoms with Crippen LogP contribution in [0.2, 0.25) is 0 Å². The molecule has 0 atom stereocenters. The zero-order chi connectivity index (χ0) is 27.8. The van der Waals surface area contributed by atoms with E-state index in [4.69, 9.17) is 0 Å². The molecule has 11 heteroatoms. The van der Waals surface area contributed by atoms with Crippen molar-refractivity contribution in [3.8, 4) is 16.9 Å². The number of rotatable bonds is 8. The number of hydrogen-bond acceptors (Lipinski definition) is 7. The zero-order valence-corrected chi connectivity index (χ0v) is 22.4. The van der Waals surface area contributed by atoms with Crippen molar-refractivity contribution in [2.75, 3.05) is 36.4 Å². The van der Waals surface area contributed by atoms with Gasteiger partial charge in [-0.15, -0.1) is 0 Å². The van der Waals surface area contributed by atoms with Crippen LogP contribution in [0.4, 0.5) is 26.0 Å². The average Bonchev–Trinajstić information content (AvgIpc) is 3.29. The van der Waals surface area contributed by atoms with Crippen molar-refractivity contribution in [1.82, 2.24) is 19.7 Å². The van der Waals surface area contributed by atoms with Crippen LogP contribution in [0.5, 0.6) is 5.75 Å². The molecule has 2 saturated heterocycles. The van der Waals surface area contributed by atoms with E-state index in [-0.39, 0.29) is 17.1 Å². The van der Waals surface area contributed by atoms with Gasteiger partial charge in [0.25, 0.3) is 0 Å². The Labute approximate surface area is 226 Å². The maximum absolute atomic E-state index is 12.7. The second-order valence-corrected chi connectivity index (χ2v) is 11.3. The van der Waals surface area contributed by atoms with Crippen LogP contribution in [0.1, 0.15) is 33.6 Å². The van der Waals surface area contributed by atoms with Gasteiger partial charge in [-0.25, -0.2) is 4.98 Å². The van der Waals surface area contributed by atoms with Crippen molar-refractivity contribution in [2.45, 2.75) is 52.4 Å². The number of hydrogen-bond donors (Lipinski definition) is 2. The number of anilines is 3. The van der Waals surface area contributed by atoms with Gasteiger partial charge < -0.3 is 25.0 Å². The number of piperidine rings is 1. The fourth-order valence-electron chi connectivity index (χ4n) is 5.39. The third-order valence-corrected chi connectivity index (χ3v) is 7.35. The highest BCUT2D eigenvalue weighted by Gasteiger charge is 2.45. The Balaban J connectivity index is 1.40. The molecule has 39 heavy (non-hydrogen) atoms. The number of likely N-dealkylation sites (tertiary alicyclic amines) is 1. The first-order valence-electron chi connectivity index (χ1n) is 13.1. The summed E-state index contributed by atoms with van der Waals surface area (Å²) < 4.78 is 31.7. The Kier molecular flexibility index (Phi) is 7.19. The van der Waals surface area contributed by atoms with Crippen LogP contribution in [0.15, 0.2) is 48.9 Å². The monoisotopic (exact) mass is 540 g/mol. The van der Waals surface area contributed by atoms with Gasteiger partial charge in [0.1, 0.15) is 11.6 Å². The van der Waals surface area contributed by atoms with Crippen LogP contribution in [0.25, 0.3) is 11.1 Å². The molecule has 9 nitrogen and oxygen atoms in total. The fraction of sp³-hybridized carbons (Fsp3) is 0.464. The average molecular weight is 541 g/mol. The summed E-state index contributed by atoms with van der Waals surface area (Å²) in [4.78, 5) is 20.3. The minimum atomic E-state index is -2.92. The minimum Gasteiger partial charge on any atom is -0.435 e. The van der Waals surface area contributed by atoms with E-state index in [9.17, 15) is 18.7 Å². The van der Waals surface area contributed by atoms with Gasteiger partial charge >= 0.3 is 6.61 Å². The van der Waals surface area contributed by atoms with Crippen molar-refractivity contribution in [2.24, 2.45) is 5.41 Å². The Hall–Kier alpha value is -3.73. The summed E-state index contributed by atoms with van der Waals surface area (Å²) in [5, 5.41) is 17.8. The standard InChI is InChI=1S/C28H34F2N6O3/c1-19(37)34-8-5-28(6-9-34)17-35(18-28)23-11-20(21-14-32-36(15-21)16-27(2,3)38)10-22(12-23)33-25-13-24(4-7-31-25)39-26(29)30/h4,7,10-15,26,38H,5-6,8-9,16-18H2,1-3H3,(H,31,33). The molecule has 0 radical (unpaired) electrons. The largest absolute Gasteiger partial charge is 0.435 e. The molecular weight excluding hydrogens is 506 g/mol. The normalized spacial score (nSPS) is 16.9. The van der Waals surface area contributed by atoms with E-state index in [1.165, 1.54) is 18.3 Å². The van der Waals surface area contributed by atoms with Gasteiger partial charge in [-0.1, -0.05) is 0 Å². The highest BCUT2D eigenvalue weighted by atomic mass is 19.3. The Morgan fingerprint density at radius 3 is 2.59 bits per heavy atom. The second kappa shape index (κ2) is 10.4. The molecular formula is C28H34F2N6O3. The summed E-state index contributed by atoms with van der Waals surface area (Å²) in [6.45, 7) is 5.90. The minimum absolute atomic E-state index is 0.0216. The molecule has 0 bridgehead atoms. The van der Waals surface area contributed by atoms with Gasteiger partial charge in [0.15, 0.2) is 0 Å². The maximum Gasteiger partial charge on any atom is 0.387 e. The number of carbonyl (C=O) groups excluding carboxylic acids is 1. The first kappa shape index (κ1) is 26.9. The third-order valence-electron chi connectivity index (χ3n) is 7.35. The third kappa shape index (κ3) is 6.47. The number of aliphatic hydroxyl groups is 1. The zero-order valence-electron chi connectivity index (χ0n) is 22.4. The highest BCUT2D eigenvalue weighted by molar-refractivity contribution is 5.76. The predicted octanol–water partition coefficient (Wildman–Crippen LogP) is 4.51.